The monoisotopic (exact) mass is 330 g/mol. The average molecular weight is 331 g/mol. The number of aryl methyl sites for hydroxylation is 1. The Kier molecular flexibility index (Phi) is 6.63. The predicted molar refractivity (Wildman–Crippen MR) is 93.1 cm³/mol. The molecule has 1 amide bonds. The van der Waals surface area contributed by atoms with Crippen LogP contribution >= 0.6 is 11.6 Å². The molecule has 0 saturated carbocycles. The van der Waals surface area contributed by atoms with E-state index in [0.29, 0.717) is 30.2 Å². The minimum atomic E-state index is -0.134. The van der Waals surface area contributed by atoms with Crippen LogP contribution in [-0.4, -0.2) is 18.7 Å². The van der Waals surface area contributed by atoms with Crippen molar-refractivity contribution < 1.29 is 9.53 Å². The lowest BCUT2D eigenvalue weighted by Crippen LogP contribution is -2.18. The number of nitrogens with one attached hydrogen (secondary N) is 1. The molecular formula is C18H19ClN2O2. The number of benzene rings is 2. The quantitative estimate of drug-likeness (QED) is 0.619. The Morgan fingerprint density at radius 1 is 1.26 bits per heavy atom. The molecule has 0 unspecified atom stereocenters. The maximum atomic E-state index is 11.8. The SMILES string of the molecule is CCOc1ccc(Cl)cc1/C=N\NC(=O)CCc1ccccc1. The van der Waals surface area contributed by atoms with E-state index in [9.17, 15) is 4.79 Å². The van der Waals surface area contributed by atoms with E-state index in [1.54, 1.807) is 18.2 Å². The van der Waals surface area contributed by atoms with Crippen molar-refractivity contribution in [3.63, 3.8) is 0 Å². The zero-order chi connectivity index (χ0) is 16.5. The number of halogens is 1. The molecule has 0 heterocycles. The third-order valence-corrected chi connectivity index (χ3v) is 3.38. The van der Waals surface area contributed by atoms with Gasteiger partial charge in [-0.1, -0.05) is 41.9 Å². The Labute approximate surface area is 141 Å². The minimum Gasteiger partial charge on any atom is -0.493 e. The van der Waals surface area contributed by atoms with Crippen molar-refractivity contribution in [3.05, 3.63) is 64.7 Å². The molecule has 2 rings (SSSR count). The van der Waals surface area contributed by atoms with Crippen LogP contribution in [0.4, 0.5) is 0 Å². The van der Waals surface area contributed by atoms with Crippen LogP contribution in [-0.2, 0) is 11.2 Å². The second kappa shape index (κ2) is 8.96. The Bertz CT molecular complexity index is 672. The summed E-state index contributed by atoms with van der Waals surface area (Å²) >= 11 is 5.97. The van der Waals surface area contributed by atoms with Gasteiger partial charge in [-0.25, -0.2) is 5.43 Å². The fourth-order valence-corrected chi connectivity index (χ4v) is 2.22. The third-order valence-electron chi connectivity index (χ3n) is 3.15. The molecule has 0 fully saturated rings. The number of hydrazone groups is 1. The van der Waals surface area contributed by atoms with Gasteiger partial charge in [0, 0.05) is 17.0 Å². The van der Waals surface area contributed by atoms with E-state index in [1.807, 2.05) is 37.3 Å². The van der Waals surface area contributed by atoms with E-state index in [1.165, 1.54) is 6.21 Å². The van der Waals surface area contributed by atoms with Gasteiger partial charge in [-0.05, 0) is 37.1 Å². The van der Waals surface area contributed by atoms with Crippen LogP contribution in [0.3, 0.4) is 0 Å². The standard InChI is InChI=1S/C18H19ClN2O2/c1-2-23-17-10-9-16(19)12-15(17)13-20-21-18(22)11-8-14-6-4-3-5-7-14/h3-7,9-10,12-13H,2,8,11H2,1H3,(H,21,22)/b20-13-. The lowest BCUT2D eigenvalue weighted by atomic mass is 10.1. The molecule has 0 atom stereocenters. The van der Waals surface area contributed by atoms with E-state index in [-0.39, 0.29) is 5.91 Å². The van der Waals surface area contributed by atoms with Gasteiger partial charge in [-0.2, -0.15) is 5.10 Å². The van der Waals surface area contributed by atoms with Crippen molar-refractivity contribution in [2.45, 2.75) is 19.8 Å². The maximum Gasteiger partial charge on any atom is 0.240 e. The Morgan fingerprint density at radius 3 is 2.78 bits per heavy atom. The number of hydrogen-bond acceptors (Lipinski definition) is 3. The summed E-state index contributed by atoms with van der Waals surface area (Å²) in [4.78, 5) is 11.8. The summed E-state index contributed by atoms with van der Waals surface area (Å²) in [5, 5.41) is 4.56. The lowest BCUT2D eigenvalue weighted by Gasteiger charge is -2.07. The van der Waals surface area contributed by atoms with Crippen molar-refractivity contribution in [2.75, 3.05) is 6.61 Å². The van der Waals surface area contributed by atoms with Gasteiger partial charge in [-0.3, -0.25) is 4.79 Å². The van der Waals surface area contributed by atoms with Crippen molar-refractivity contribution in [2.24, 2.45) is 5.10 Å². The largest absolute Gasteiger partial charge is 0.493 e. The molecule has 0 aliphatic heterocycles. The summed E-state index contributed by atoms with van der Waals surface area (Å²) in [7, 11) is 0. The van der Waals surface area contributed by atoms with Crippen molar-refractivity contribution in [1.82, 2.24) is 5.43 Å². The van der Waals surface area contributed by atoms with Crippen LogP contribution in [0.5, 0.6) is 5.75 Å². The Morgan fingerprint density at radius 2 is 2.04 bits per heavy atom. The van der Waals surface area contributed by atoms with Gasteiger partial charge in [0.15, 0.2) is 0 Å². The molecule has 4 nitrogen and oxygen atoms in total. The fraction of sp³-hybridized carbons (Fsp3) is 0.222. The highest BCUT2D eigenvalue weighted by molar-refractivity contribution is 6.30. The Balaban J connectivity index is 1.88. The number of ether oxygens (including phenoxy) is 1. The smallest absolute Gasteiger partial charge is 0.240 e. The molecule has 23 heavy (non-hydrogen) atoms. The first-order valence-electron chi connectivity index (χ1n) is 7.47. The van der Waals surface area contributed by atoms with E-state index >= 15 is 0 Å². The van der Waals surface area contributed by atoms with Crippen LogP contribution in [0, 0.1) is 0 Å². The van der Waals surface area contributed by atoms with Crippen LogP contribution in [0.2, 0.25) is 5.02 Å². The maximum absolute atomic E-state index is 11.8. The summed E-state index contributed by atoms with van der Waals surface area (Å²) in [6.45, 7) is 2.45. The number of hydrogen-bond donors (Lipinski definition) is 1. The van der Waals surface area contributed by atoms with Gasteiger partial charge in [-0.15, -0.1) is 0 Å². The molecule has 1 N–H and O–H groups in total. The van der Waals surface area contributed by atoms with Gasteiger partial charge in [0.25, 0.3) is 0 Å². The molecule has 0 aromatic heterocycles. The summed E-state index contributed by atoms with van der Waals surface area (Å²) in [5.41, 5.74) is 4.37. The van der Waals surface area contributed by atoms with Crippen molar-refractivity contribution in [3.8, 4) is 5.75 Å². The second-order valence-corrected chi connectivity index (χ2v) is 5.33. The molecule has 120 valence electrons. The number of carbonyl (C=O) groups excluding carboxylic acids is 1. The first kappa shape index (κ1) is 17.0. The van der Waals surface area contributed by atoms with E-state index in [2.05, 4.69) is 10.5 Å². The summed E-state index contributed by atoms with van der Waals surface area (Å²) in [6.07, 6.45) is 2.61. The van der Waals surface area contributed by atoms with E-state index in [4.69, 9.17) is 16.3 Å². The van der Waals surface area contributed by atoms with Crippen LogP contribution in [0.15, 0.2) is 53.6 Å². The third kappa shape index (κ3) is 5.75. The van der Waals surface area contributed by atoms with Crippen LogP contribution in [0.25, 0.3) is 0 Å². The van der Waals surface area contributed by atoms with Gasteiger partial charge < -0.3 is 4.74 Å². The fourth-order valence-electron chi connectivity index (χ4n) is 2.04. The molecule has 0 aliphatic rings. The molecule has 0 radical (unpaired) electrons. The van der Waals surface area contributed by atoms with Gasteiger partial charge in [0.2, 0.25) is 5.91 Å². The molecule has 0 bridgehead atoms. The molecule has 0 aliphatic carbocycles. The molecule has 0 spiro atoms. The zero-order valence-corrected chi connectivity index (χ0v) is 13.7. The topological polar surface area (TPSA) is 50.7 Å². The summed E-state index contributed by atoms with van der Waals surface area (Å²) in [6, 6.07) is 15.1. The highest BCUT2D eigenvalue weighted by Gasteiger charge is 2.03. The van der Waals surface area contributed by atoms with Gasteiger partial charge >= 0.3 is 0 Å². The molecule has 5 heteroatoms. The second-order valence-electron chi connectivity index (χ2n) is 4.89. The zero-order valence-electron chi connectivity index (χ0n) is 13.0. The molecular weight excluding hydrogens is 312 g/mol. The van der Waals surface area contributed by atoms with E-state index < -0.39 is 0 Å². The van der Waals surface area contributed by atoms with E-state index in [0.717, 1.165) is 11.1 Å². The summed E-state index contributed by atoms with van der Waals surface area (Å²) in [5.74, 6) is 0.546. The highest BCUT2D eigenvalue weighted by atomic mass is 35.5. The summed E-state index contributed by atoms with van der Waals surface area (Å²) < 4.78 is 5.49. The first-order valence-corrected chi connectivity index (χ1v) is 7.85. The van der Waals surface area contributed by atoms with Crippen LogP contribution < -0.4 is 10.2 Å². The predicted octanol–water partition coefficient (Wildman–Crippen LogP) is 3.82. The normalized spacial score (nSPS) is 10.7. The molecule has 2 aromatic rings. The first-order chi connectivity index (χ1) is 11.2. The number of carbonyl (C=O) groups is 1. The van der Waals surface area contributed by atoms with Gasteiger partial charge in [0.1, 0.15) is 5.75 Å². The molecule has 2 aromatic carbocycles. The van der Waals surface area contributed by atoms with Crippen LogP contribution in [0.1, 0.15) is 24.5 Å². The average Bonchev–Trinajstić information content (AvgIpc) is 2.56. The van der Waals surface area contributed by atoms with Crippen molar-refractivity contribution in [1.29, 1.82) is 0 Å². The molecule has 0 saturated heterocycles. The number of amides is 1. The van der Waals surface area contributed by atoms with Crippen molar-refractivity contribution >= 4 is 23.7 Å². The minimum absolute atomic E-state index is 0.134. The number of nitrogens with zero attached hydrogens (tertiary/aromatic N) is 1. The van der Waals surface area contributed by atoms with Gasteiger partial charge in [0.05, 0.1) is 12.8 Å². The lowest BCUT2D eigenvalue weighted by molar-refractivity contribution is -0.121. The highest BCUT2D eigenvalue weighted by Crippen LogP contribution is 2.21. The Hall–Kier alpha value is -2.33. The number of rotatable bonds is 7.